The van der Waals surface area contributed by atoms with Crippen LogP contribution in [0.4, 0.5) is 0 Å². The van der Waals surface area contributed by atoms with Crippen molar-refractivity contribution >= 4 is 8.40 Å². The molecule has 0 N–H and O–H groups in total. The summed E-state index contributed by atoms with van der Waals surface area (Å²) in [6, 6.07) is 0. The van der Waals surface area contributed by atoms with Crippen molar-refractivity contribution in [2.45, 2.75) is 13.1 Å². The topological polar surface area (TPSA) is 61.4 Å². The van der Waals surface area contributed by atoms with Crippen LogP contribution in [0.15, 0.2) is 25.3 Å². The lowest BCUT2D eigenvalue weighted by molar-refractivity contribution is 0.820. The van der Waals surface area contributed by atoms with Crippen LogP contribution >= 0.6 is 0 Å². The van der Waals surface area contributed by atoms with E-state index in [-0.39, 0.29) is 0 Å². The van der Waals surface area contributed by atoms with Gasteiger partial charge >= 0.3 is 8.40 Å². The van der Waals surface area contributed by atoms with Gasteiger partial charge in [0.25, 0.3) is 0 Å². The first-order chi connectivity index (χ1) is 6.21. The minimum absolute atomic E-state index is 1.53. The highest BCUT2D eigenvalue weighted by Gasteiger charge is 2.28. The maximum absolute atomic E-state index is 4.12. The quantitative estimate of drug-likeness (QED) is 0.630. The minimum atomic E-state index is -1.86. The molecule has 2 rings (SSSR count). The van der Waals surface area contributed by atoms with Gasteiger partial charge in [-0.15, -0.1) is 0 Å². The third-order valence-electron chi connectivity index (χ3n) is 1.96. The molecule has 0 unspecified atom stereocenters. The third kappa shape index (κ3) is 1.26. The smallest absolute Gasteiger partial charge is 0.260 e. The Morgan fingerprint density at radius 1 is 0.923 bits per heavy atom. The molecule has 7 heteroatoms. The van der Waals surface area contributed by atoms with Crippen LogP contribution in [0.2, 0.25) is 13.1 Å². The summed E-state index contributed by atoms with van der Waals surface area (Å²) < 4.78 is 3.73. The highest BCUT2D eigenvalue weighted by molar-refractivity contribution is 6.73. The van der Waals surface area contributed by atoms with Crippen molar-refractivity contribution in [3.05, 3.63) is 25.3 Å². The van der Waals surface area contributed by atoms with E-state index in [1.165, 1.54) is 12.7 Å². The molecule has 0 aromatic carbocycles. The van der Waals surface area contributed by atoms with Crippen molar-refractivity contribution in [1.29, 1.82) is 0 Å². The number of hydrogen-bond donors (Lipinski definition) is 0. The van der Waals surface area contributed by atoms with Gasteiger partial charge in [-0.25, -0.2) is 9.97 Å². The molecule has 2 aromatic heterocycles. The molecule has 68 valence electrons. The zero-order valence-corrected chi connectivity index (χ0v) is 8.49. The van der Waals surface area contributed by atoms with Gasteiger partial charge < -0.3 is 0 Å². The van der Waals surface area contributed by atoms with Crippen LogP contribution in [0.5, 0.6) is 0 Å². The first-order valence-electron chi connectivity index (χ1n) is 3.91. The van der Waals surface area contributed by atoms with E-state index in [1.54, 1.807) is 12.7 Å². The molecule has 0 atom stereocenters. The van der Waals surface area contributed by atoms with Gasteiger partial charge in [-0.3, -0.25) is 8.69 Å². The maximum Gasteiger partial charge on any atom is 0.307 e. The van der Waals surface area contributed by atoms with Crippen molar-refractivity contribution in [2.75, 3.05) is 0 Å². The Morgan fingerprint density at radius 2 is 1.38 bits per heavy atom. The monoisotopic (exact) mass is 194 g/mol. The van der Waals surface area contributed by atoms with E-state index in [0.717, 1.165) is 0 Å². The molecule has 0 amide bonds. The molecule has 2 aromatic rings. The lowest BCUT2D eigenvalue weighted by Crippen LogP contribution is -2.45. The Morgan fingerprint density at radius 3 is 1.69 bits per heavy atom. The Balaban J connectivity index is 2.42. The second-order valence-electron chi connectivity index (χ2n) is 3.17. The van der Waals surface area contributed by atoms with E-state index in [2.05, 4.69) is 33.3 Å². The van der Waals surface area contributed by atoms with Crippen molar-refractivity contribution < 1.29 is 0 Å². The molecule has 0 bridgehead atoms. The van der Waals surface area contributed by atoms with Crippen molar-refractivity contribution in [3.8, 4) is 0 Å². The van der Waals surface area contributed by atoms with Crippen molar-refractivity contribution in [1.82, 2.24) is 28.9 Å². The van der Waals surface area contributed by atoms with Gasteiger partial charge in [0.15, 0.2) is 0 Å². The summed E-state index contributed by atoms with van der Waals surface area (Å²) in [5.74, 6) is 0. The van der Waals surface area contributed by atoms with Crippen LogP contribution in [0.1, 0.15) is 0 Å². The molecule has 6 nitrogen and oxygen atoms in total. The number of nitrogens with zero attached hydrogens (tertiary/aromatic N) is 6. The highest BCUT2D eigenvalue weighted by atomic mass is 28.3. The summed E-state index contributed by atoms with van der Waals surface area (Å²) in [4.78, 5) is 7.85. The summed E-state index contributed by atoms with van der Waals surface area (Å²) in [6.45, 7) is 4.24. The van der Waals surface area contributed by atoms with Gasteiger partial charge in [0.05, 0.1) is 0 Å². The van der Waals surface area contributed by atoms with E-state index in [0.29, 0.717) is 0 Å². The van der Waals surface area contributed by atoms with Gasteiger partial charge in [-0.1, -0.05) is 0 Å². The zero-order chi connectivity index (χ0) is 9.31. The fraction of sp³-hybridized carbons (Fsp3) is 0.333. The largest absolute Gasteiger partial charge is 0.307 e. The average Bonchev–Trinajstić information content (AvgIpc) is 2.78. The average molecular weight is 194 g/mol. The predicted molar refractivity (Wildman–Crippen MR) is 48.3 cm³/mol. The van der Waals surface area contributed by atoms with Gasteiger partial charge in [-0.05, 0) is 13.1 Å². The number of aromatic nitrogens is 6. The van der Waals surface area contributed by atoms with Crippen LogP contribution in [-0.2, 0) is 0 Å². The van der Waals surface area contributed by atoms with Crippen molar-refractivity contribution in [2.24, 2.45) is 0 Å². The van der Waals surface area contributed by atoms with Gasteiger partial charge in [-0.2, -0.15) is 10.2 Å². The zero-order valence-electron chi connectivity index (χ0n) is 7.49. The van der Waals surface area contributed by atoms with Gasteiger partial charge in [0.2, 0.25) is 0 Å². The summed E-state index contributed by atoms with van der Waals surface area (Å²) in [5, 5.41) is 8.25. The molecular weight excluding hydrogens is 184 g/mol. The van der Waals surface area contributed by atoms with E-state index in [4.69, 9.17) is 0 Å². The van der Waals surface area contributed by atoms with E-state index in [1.807, 2.05) is 8.69 Å². The fourth-order valence-electron chi connectivity index (χ4n) is 1.09. The summed E-state index contributed by atoms with van der Waals surface area (Å²) in [7, 11) is -1.86. The predicted octanol–water partition coefficient (Wildman–Crippen LogP) is -0.0322. The third-order valence-corrected chi connectivity index (χ3v) is 4.66. The first kappa shape index (κ1) is 8.11. The lowest BCUT2D eigenvalue weighted by atomic mass is 11.3. The van der Waals surface area contributed by atoms with Crippen LogP contribution in [0.3, 0.4) is 0 Å². The molecule has 0 spiro atoms. The maximum atomic E-state index is 4.12. The Bertz CT molecular complexity index is 327. The van der Waals surface area contributed by atoms with Crippen LogP contribution < -0.4 is 0 Å². The van der Waals surface area contributed by atoms with Crippen LogP contribution in [0.25, 0.3) is 0 Å². The molecule has 0 aliphatic heterocycles. The van der Waals surface area contributed by atoms with Gasteiger partial charge in [0, 0.05) is 0 Å². The fourth-order valence-corrected chi connectivity index (χ4v) is 2.66. The lowest BCUT2D eigenvalue weighted by Gasteiger charge is -2.20. The van der Waals surface area contributed by atoms with Gasteiger partial charge in [0.1, 0.15) is 25.3 Å². The second-order valence-corrected chi connectivity index (χ2v) is 7.08. The molecule has 2 heterocycles. The Labute approximate surface area is 76.4 Å². The first-order valence-corrected chi connectivity index (χ1v) is 6.81. The standard InChI is InChI=1S/C6H10N6Si/c1-13(2,11-5-7-3-9-11)12-6-8-4-10-12/h3-6H,1-2H3. The summed E-state index contributed by atoms with van der Waals surface area (Å²) in [5.41, 5.74) is 0. The second kappa shape index (κ2) is 2.77. The van der Waals surface area contributed by atoms with E-state index < -0.39 is 8.40 Å². The molecular formula is C6H10N6Si. The Hall–Kier alpha value is -1.50. The minimum Gasteiger partial charge on any atom is -0.260 e. The molecule has 0 fully saturated rings. The molecule has 0 aliphatic rings. The molecule has 0 saturated heterocycles. The van der Waals surface area contributed by atoms with E-state index in [9.17, 15) is 0 Å². The molecule has 0 radical (unpaired) electrons. The highest BCUT2D eigenvalue weighted by Crippen LogP contribution is 2.04. The SMILES string of the molecule is C[Si](C)(n1cncn1)n1cncn1. The van der Waals surface area contributed by atoms with Crippen molar-refractivity contribution in [3.63, 3.8) is 0 Å². The Kier molecular flexibility index (Phi) is 1.73. The van der Waals surface area contributed by atoms with Crippen LogP contribution in [0, 0.1) is 0 Å². The molecule has 13 heavy (non-hydrogen) atoms. The molecule has 0 aliphatic carbocycles. The normalized spacial score (nSPS) is 11.8. The summed E-state index contributed by atoms with van der Waals surface area (Å²) >= 11 is 0. The summed E-state index contributed by atoms with van der Waals surface area (Å²) in [6.07, 6.45) is 6.50. The van der Waals surface area contributed by atoms with Crippen LogP contribution in [-0.4, -0.2) is 37.3 Å². The molecule has 0 saturated carbocycles. The van der Waals surface area contributed by atoms with E-state index >= 15 is 0 Å². The number of rotatable bonds is 2. The number of hydrogen-bond acceptors (Lipinski definition) is 4.